The summed E-state index contributed by atoms with van der Waals surface area (Å²) in [6.45, 7) is 1.69. The smallest absolute Gasteiger partial charge is 0.341 e. The summed E-state index contributed by atoms with van der Waals surface area (Å²) in [6, 6.07) is 12.5. The van der Waals surface area contributed by atoms with Crippen LogP contribution in [0.25, 0.3) is 0 Å². The van der Waals surface area contributed by atoms with Crippen molar-refractivity contribution >= 4 is 17.4 Å². The van der Waals surface area contributed by atoms with Crippen molar-refractivity contribution in [3.63, 3.8) is 0 Å². The average molecular weight is 314 g/mol. The Morgan fingerprint density at radius 2 is 1.74 bits per heavy atom. The van der Waals surface area contributed by atoms with E-state index in [1.54, 1.807) is 37.3 Å². The van der Waals surface area contributed by atoms with Gasteiger partial charge < -0.3 is 4.74 Å². The molecule has 2 aromatic rings. The third-order valence-electron chi connectivity index (χ3n) is 2.94. The monoisotopic (exact) mass is 314 g/mol. The zero-order valence-electron chi connectivity index (χ0n) is 12.5. The van der Waals surface area contributed by atoms with E-state index in [1.807, 2.05) is 0 Å². The molecule has 0 saturated carbocycles. The summed E-state index contributed by atoms with van der Waals surface area (Å²) >= 11 is 0. The third kappa shape index (κ3) is 4.29. The Bertz CT molecular complexity index is 717. The normalized spacial score (nSPS) is 12.1. The van der Waals surface area contributed by atoms with Gasteiger partial charge in [-0.2, -0.15) is 10.2 Å². The number of hydrogen-bond acceptors (Lipinski definition) is 5. The predicted octanol–water partition coefficient (Wildman–Crippen LogP) is 3.72. The Morgan fingerprint density at radius 1 is 1.09 bits per heavy atom. The van der Waals surface area contributed by atoms with Gasteiger partial charge >= 0.3 is 5.97 Å². The zero-order chi connectivity index (χ0) is 16.7. The molecular formula is C17H15FN2O3. The molecule has 23 heavy (non-hydrogen) atoms. The van der Waals surface area contributed by atoms with Crippen LogP contribution in [0.1, 0.15) is 17.3 Å². The first kappa shape index (κ1) is 16.5. The molecule has 5 nitrogen and oxygen atoms in total. The average Bonchev–Trinajstić information content (AvgIpc) is 2.56. The SMILES string of the molecule is CCOC(=O)C(N=Nc1ccccc1)C(=O)c1ccccc1F. The van der Waals surface area contributed by atoms with Gasteiger partial charge in [-0.05, 0) is 31.2 Å². The first-order valence-corrected chi connectivity index (χ1v) is 7.04. The van der Waals surface area contributed by atoms with E-state index in [4.69, 9.17) is 4.74 Å². The van der Waals surface area contributed by atoms with E-state index in [1.165, 1.54) is 18.2 Å². The number of halogens is 1. The molecule has 0 N–H and O–H groups in total. The van der Waals surface area contributed by atoms with Crippen molar-refractivity contribution < 1.29 is 18.7 Å². The minimum absolute atomic E-state index is 0.0841. The summed E-state index contributed by atoms with van der Waals surface area (Å²) in [5.74, 6) is -2.37. The summed E-state index contributed by atoms with van der Waals surface area (Å²) < 4.78 is 18.6. The predicted molar refractivity (Wildman–Crippen MR) is 82.1 cm³/mol. The third-order valence-corrected chi connectivity index (χ3v) is 2.94. The Labute approximate surface area is 132 Å². The second kappa shape index (κ2) is 7.93. The van der Waals surface area contributed by atoms with Crippen LogP contribution >= 0.6 is 0 Å². The van der Waals surface area contributed by atoms with Crippen molar-refractivity contribution in [2.75, 3.05) is 6.61 Å². The van der Waals surface area contributed by atoms with Crippen LogP contribution in [0.4, 0.5) is 10.1 Å². The Balaban J connectivity index is 2.31. The molecule has 2 aromatic carbocycles. The molecule has 0 fully saturated rings. The quantitative estimate of drug-likeness (QED) is 0.353. The fourth-order valence-electron chi connectivity index (χ4n) is 1.86. The lowest BCUT2D eigenvalue weighted by Gasteiger charge is -2.10. The van der Waals surface area contributed by atoms with Crippen molar-refractivity contribution in [3.05, 3.63) is 66.0 Å². The van der Waals surface area contributed by atoms with Gasteiger partial charge in [0.15, 0.2) is 0 Å². The van der Waals surface area contributed by atoms with E-state index < -0.39 is 23.6 Å². The van der Waals surface area contributed by atoms with Gasteiger partial charge in [0.1, 0.15) is 5.82 Å². The molecule has 0 aromatic heterocycles. The highest BCUT2D eigenvalue weighted by atomic mass is 19.1. The van der Waals surface area contributed by atoms with E-state index in [9.17, 15) is 14.0 Å². The maximum absolute atomic E-state index is 13.8. The van der Waals surface area contributed by atoms with Crippen LogP contribution in [0.5, 0.6) is 0 Å². The van der Waals surface area contributed by atoms with Crippen molar-refractivity contribution in [2.24, 2.45) is 10.2 Å². The summed E-state index contributed by atoms with van der Waals surface area (Å²) in [5.41, 5.74) is 0.251. The number of azo groups is 1. The molecule has 0 heterocycles. The number of esters is 1. The molecule has 0 aliphatic heterocycles. The Kier molecular flexibility index (Phi) is 5.68. The summed E-state index contributed by atoms with van der Waals surface area (Å²) in [4.78, 5) is 24.4. The highest BCUT2D eigenvalue weighted by Crippen LogP contribution is 2.16. The maximum Gasteiger partial charge on any atom is 0.341 e. The molecule has 0 radical (unpaired) electrons. The largest absolute Gasteiger partial charge is 0.464 e. The van der Waals surface area contributed by atoms with E-state index in [0.717, 1.165) is 6.07 Å². The Hall–Kier alpha value is -2.89. The van der Waals surface area contributed by atoms with E-state index in [0.29, 0.717) is 5.69 Å². The van der Waals surface area contributed by atoms with Crippen LogP contribution in [0.15, 0.2) is 64.8 Å². The number of Topliss-reactive ketones (excluding diaryl/α,β-unsaturated/α-hetero) is 1. The molecule has 0 amide bonds. The van der Waals surface area contributed by atoms with Crippen molar-refractivity contribution in [1.29, 1.82) is 0 Å². The lowest BCUT2D eigenvalue weighted by Crippen LogP contribution is -2.30. The number of hydrogen-bond donors (Lipinski definition) is 0. The van der Waals surface area contributed by atoms with E-state index in [2.05, 4.69) is 10.2 Å². The number of carbonyl (C=O) groups is 2. The van der Waals surface area contributed by atoms with Crippen LogP contribution in [0.2, 0.25) is 0 Å². The highest BCUT2D eigenvalue weighted by molar-refractivity contribution is 6.12. The fourth-order valence-corrected chi connectivity index (χ4v) is 1.86. The number of carbonyl (C=O) groups excluding carboxylic acids is 2. The number of ether oxygens (including phenoxy) is 1. The van der Waals surface area contributed by atoms with Crippen LogP contribution < -0.4 is 0 Å². The first-order valence-electron chi connectivity index (χ1n) is 7.04. The van der Waals surface area contributed by atoms with Crippen molar-refractivity contribution in [2.45, 2.75) is 13.0 Å². The summed E-state index contributed by atoms with van der Waals surface area (Å²) in [6.07, 6.45) is 0. The van der Waals surface area contributed by atoms with Gasteiger partial charge in [-0.25, -0.2) is 9.18 Å². The summed E-state index contributed by atoms with van der Waals surface area (Å²) in [5, 5.41) is 7.63. The van der Waals surface area contributed by atoms with Gasteiger partial charge in [-0.3, -0.25) is 4.79 Å². The molecular weight excluding hydrogens is 299 g/mol. The van der Waals surface area contributed by atoms with Gasteiger partial charge in [0, 0.05) is 0 Å². The standard InChI is InChI=1S/C17H15FN2O3/c1-2-23-17(22)15(20-19-12-8-4-3-5-9-12)16(21)13-10-6-7-11-14(13)18/h3-11,15H,2H2,1H3. The van der Waals surface area contributed by atoms with Gasteiger partial charge in [-0.1, -0.05) is 30.3 Å². The highest BCUT2D eigenvalue weighted by Gasteiger charge is 2.30. The molecule has 0 aliphatic carbocycles. The fraction of sp³-hybridized carbons (Fsp3) is 0.176. The molecule has 2 rings (SSSR count). The second-order valence-corrected chi connectivity index (χ2v) is 4.55. The number of benzene rings is 2. The Morgan fingerprint density at radius 3 is 2.39 bits per heavy atom. The number of rotatable bonds is 6. The van der Waals surface area contributed by atoms with E-state index >= 15 is 0 Å². The van der Waals surface area contributed by atoms with Gasteiger partial charge in [0.2, 0.25) is 11.8 Å². The zero-order valence-corrected chi connectivity index (χ0v) is 12.5. The molecule has 118 valence electrons. The van der Waals surface area contributed by atoms with Crippen molar-refractivity contribution in [3.8, 4) is 0 Å². The summed E-state index contributed by atoms with van der Waals surface area (Å²) in [7, 11) is 0. The number of ketones is 1. The van der Waals surface area contributed by atoms with E-state index in [-0.39, 0.29) is 12.2 Å². The lowest BCUT2D eigenvalue weighted by molar-refractivity contribution is -0.143. The van der Waals surface area contributed by atoms with Crippen LogP contribution in [-0.2, 0) is 9.53 Å². The van der Waals surface area contributed by atoms with Gasteiger partial charge in [0.05, 0.1) is 17.9 Å². The van der Waals surface area contributed by atoms with Gasteiger partial charge in [0.25, 0.3) is 0 Å². The minimum atomic E-state index is -1.54. The van der Waals surface area contributed by atoms with Gasteiger partial charge in [-0.15, -0.1) is 0 Å². The molecule has 0 saturated heterocycles. The lowest BCUT2D eigenvalue weighted by atomic mass is 10.0. The molecule has 6 heteroatoms. The van der Waals surface area contributed by atoms with Crippen LogP contribution in [-0.4, -0.2) is 24.4 Å². The molecule has 1 atom stereocenters. The topological polar surface area (TPSA) is 68.1 Å². The van der Waals surface area contributed by atoms with Crippen LogP contribution in [0, 0.1) is 5.82 Å². The molecule has 0 bridgehead atoms. The number of nitrogens with zero attached hydrogens (tertiary/aromatic N) is 2. The molecule has 1 unspecified atom stereocenters. The molecule has 0 spiro atoms. The second-order valence-electron chi connectivity index (χ2n) is 4.55. The maximum atomic E-state index is 13.8. The minimum Gasteiger partial charge on any atom is -0.464 e. The van der Waals surface area contributed by atoms with Crippen molar-refractivity contribution in [1.82, 2.24) is 0 Å². The molecule has 0 aliphatic rings. The van der Waals surface area contributed by atoms with Crippen LogP contribution in [0.3, 0.4) is 0 Å². The first-order chi connectivity index (χ1) is 11.1.